The molecule has 2 amide bonds. The number of amides is 2. The number of nitrogens with zero attached hydrogens (tertiary/aromatic N) is 3. The van der Waals surface area contributed by atoms with Crippen molar-refractivity contribution in [3.63, 3.8) is 0 Å². The molecule has 0 spiro atoms. The Morgan fingerprint density at radius 1 is 0.977 bits per heavy atom. The highest BCUT2D eigenvalue weighted by atomic mass is 16.5. The molecule has 0 saturated carbocycles. The lowest BCUT2D eigenvalue weighted by Crippen LogP contribution is -2.51. The second kappa shape index (κ2) is 15.9. The van der Waals surface area contributed by atoms with Crippen LogP contribution in [-0.4, -0.2) is 41.7 Å². The molecule has 6 N–H and O–H groups in total. The summed E-state index contributed by atoms with van der Waals surface area (Å²) in [6.45, 7) is 1.74. The molecule has 1 heterocycles. The van der Waals surface area contributed by atoms with E-state index in [1.54, 1.807) is 12.1 Å². The number of hydrogen-bond donors (Lipinski definition) is 4. The van der Waals surface area contributed by atoms with Crippen molar-refractivity contribution in [3.05, 3.63) is 101 Å². The Labute approximate surface area is 252 Å². The highest BCUT2D eigenvalue weighted by Crippen LogP contribution is 2.22. The van der Waals surface area contributed by atoms with Crippen molar-refractivity contribution < 1.29 is 14.3 Å². The first-order valence-corrected chi connectivity index (χ1v) is 14.5. The van der Waals surface area contributed by atoms with Crippen molar-refractivity contribution in [2.75, 3.05) is 13.1 Å². The summed E-state index contributed by atoms with van der Waals surface area (Å²) in [4.78, 5) is 27.7. The number of likely N-dealkylation sites (tertiary alicyclic amines) is 1. The number of benzene rings is 3. The van der Waals surface area contributed by atoms with Crippen LogP contribution in [0, 0.1) is 17.2 Å². The molecule has 43 heavy (non-hydrogen) atoms. The van der Waals surface area contributed by atoms with Crippen LogP contribution < -0.4 is 27.2 Å². The molecule has 3 aromatic carbocycles. The molecule has 0 bridgehead atoms. The number of hydrogen-bond acceptors (Lipinski definition) is 7. The fourth-order valence-corrected chi connectivity index (χ4v) is 5.20. The van der Waals surface area contributed by atoms with Gasteiger partial charge in [0, 0.05) is 25.9 Å². The minimum atomic E-state index is -0.525. The normalized spacial score (nSPS) is 14.4. The summed E-state index contributed by atoms with van der Waals surface area (Å²) in [5.41, 5.74) is 6.20. The first kappa shape index (κ1) is 31.1. The summed E-state index contributed by atoms with van der Waals surface area (Å²) < 4.78 is 5.87. The van der Waals surface area contributed by atoms with E-state index < -0.39 is 6.04 Å². The van der Waals surface area contributed by atoms with E-state index in [9.17, 15) is 9.59 Å². The molecule has 1 aliphatic rings. The third-order valence-corrected chi connectivity index (χ3v) is 7.72. The lowest BCUT2D eigenvalue weighted by molar-refractivity contribution is -0.132. The lowest BCUT2D eigenvalue weighted by atomic mass is 9.92. The van der Waals surface area contributed by atoms with Gasteiger partial charge in [-0.25, -0.2) is 5.84 Å². The van der Waals surface area contributed by atoms with Crippen molar-refractivity contribution >= 4 is 17.6 Å². The molecule has 4 rings (SSSR count). The van der Waals surface area contributed by atoms with Gasteiger partial charge in [0.25, 0.3) is 0 Å². The van der Waals surface area contributed by atoms with Gasteiger partial charge in [-0.3, -0.25) is 9.59 Å². The van der Waals surface area contributed by atoms with Crippen LogP contribution in [0.2, 0.25) is 0 Å². The number of nitrogens with one attached hydrogen (secondary N) is 2. The maximum atomic E-state index is 13.0. The summed E-state index contributed by atoms with van der Waals surface area (Å²) in [5.74, 6) is 12.4. The fourth-order valence-electron chi connectivity index (χ4n) is 5.20. The predicted octanol–water partition coefficient (Wildman–Crippen LogP) is 3.16. The number of hydrazone groups is 1. The van der Waals surface area contributed by atoms with Crippen molar-refractivity contribution in [1.82, 2.24) is 15.6 Å². The molecule has 0 radical (unpaired) electrons. The van der Waals surface area contributed by atoms with Crippen LogP contribution in [0.5, 0.6) is 5.75 Å². The van der Waals surface area contributed by atoms with Gasteiger partial charge < -0.3 is 26.2 Å². The van der Waals surface area contributed by atoms with Crippen molar-refractivity contribution in [2.24, 2.45) is 22.7 Å². The van der Waals surface area contributed by atoms with E-state index in [-0.39, 0.29) is 23.6 Å². The van der Waals surface area contributed by atoms with E-state index in [0.29, 0.717) is 50.9 Å². The third-order valence-electron chi connectivity index (χ3n) is 7.72. The number of piperidine rings is 1. The molecule has 224 valence electrons. The summed E-state index contributed by atoms with van der Waals surface area (Å²) in [6, 6.07) is 26.5. The summed E-state index contributed by atoms with van der Waals surface area (Å²) in [6.07, 6.45) is 3.37. The fraction of sp³-hybridized carbons (Fsp3) is 0.333. The van der Waals surface area contributed by atoms with Crippen molar-refractivity contribution in [3.8, 4) is 11.8 Å². The van der Waals surface area contributed by atoms with Crippen LogP contribution in [0.25, 0.3) is 0 Å². The first-order chi connectivity index (χ1) is 21.0. The van der Waals surface area contributed by atoms with Gasteiger partial charge in [-0.1, -0.05) is 54.6 Å². The van der Waals surface area contributed by atoms with Gasteiger partial charge in [-0.2, -0.15) is 10.4 Å². The molecular weight excluding hydrogens is 542 g/mol. The van der Waals surface area contributed by atoms with Crippen molar-refractivity contribution in [2.45, 2.75) is 51.2 Å². The smallest absolute Gasteiger partial charge is 0.222 e. The zero-order chi connectivity index (χ0) is 30.4. The van der Waals surface area contributed by atoms with E-state index in [2.05, 4.69) is 21.9 Å². The van der Waals surface area contributed by atoms with Crippen LogP contribution in [0.15, 0.2) is 84.0 Å². The first-order valence-electron chi connectivity index (χ1n) is 14.5. The molecule has 0 aromatic heterocycles. The van der Waals surface area contributed by atoms with Gasteiger partial charge >= 0.3 is 0 Å². The maximum absolute atomic E-state index is 13.0. The number of rotatable bonds is 12. The molecule has 1 fully saturated rings. The van der Waals surface area contributed by atoms with Crippen LogP contribution >= 0.6 is 0 Å². The Balaban J connectivity index is 1.23. The molecule has 0 aliphatic carbocycles. The van der Waals surface area contributed by atoms with Gasteiger partial charge in [0.2, 0.25) is 11.8 Å². The minimum absolute atomic E-state index is 0.113. The number of nitrogens with two attached hydrogens (primary N) is 2. The SMILES string of the molecule is N#Cc1ccc(CCC(=O)N2CCC(CC(=O)NC(Cc3ccc(OCc4ccccc4)cc3)/C(=N/N)NN)CC2)cc1. The highest BCUT2D eigenvalue weighted by molar-refractivity contribution is 5.91. The molecule has 1 unspecified atom stereocenters. The summed E-state index contributed by atoms with van der Waals surface area (Å²) >= 11 is 0. The topological polar surface area (TPSA) is 159 Å². The number of nitriles is 1. The van der Waals surface area contributed by atoms with Gasteiger partial charge in [-0.05, 0) is 72.6 Å². The zero-order valence-electron chi connectivity index (χ0n) is 24.2. The monoisotopic (exact) mass is 581 g/mol. The number of ether oxygens (including phenoxy) is 1. The van der Waals surface area contributed by atoms with Crippen LogP contribution in [0.4, 0.5) is 0 Å². The maximum Gasteiger partial charge on any atom is 0.222 e. The van der Waals surface area contributed by atoms with E-state index in [1.807, 2.05) is 71.6 Å². The zero-order valence-corrected chi connectivity index (χ0v) is 24.2. The molecule has 10 heteroatoms. The number of carbonyl (C=O) groups is 2. The summed E-state index contributed by atoms with van der Waals surface area (Å²) in [5, 5.41) is 15.7. The standard InChI is InChI=1S/C33H39N7O3/c34-22-27-8-6-24(7-9-27)12-15-32(42)40-18-16-26(17-19-40)21-31(41)37-30(33(38-35)39-36)20-25-10-13-29(14-11-25)43-23-28-4-2-1-3-5-28/h1-11,13-14,26,30H,12,15-21,23,35-36H2,(H,37,41)(H,38,39). The average molecular weight is 582 g/mol. The van der Waals surface area contributed by atoms with Crippen LogP contribution in [-0.2, 0) is 29.0 Å². The minimum Gasteiger partial charge on any atom is -0.489 e. The Kier molecular flexibility index (Phi) is 11.5. The predicted molar refractivity (Wildman–Crippen MR) is 165 cm³/mol. The van der Waals surface area contributed by atoms with Crippen LogP contribution in [0.1, 0.15) is 47.9 Å². The lowest BCUT2D eigenvalue weighted by Gasteiger charge is -2.32. The molecule has 1 aliphatic heterocycles. The van der Waals surface area contributed by atoms with Gasteiger partial charge in [-0.15, -0.1) is 0 Å². The molecule has 10 nitrogen and oxygen atoms in total. The third kappa shape index (κ3) is 9.58. The second-order valence-corrected chi connectivity index (χ2v) is 10.7. The summed E-state index contributed by atoms with van der Waals surface area (Å²) in [7, 11) is 0. The van der Waals surface area contributed by atoms with E-state index in [0.717, 1.165) is 35.3 Å². The number of carbonyl (C=O) groups excluding carboxylic acids is 2. The Morgan fingerprint density at radius 3 is 2.28 bits per heavy atom. The number of amidine groups is 1. The average Bonchev–Trinajstić information content (AvgIpc) is 3.05. The molecule has 1 atom stereocenters. The van der Waals surface area contributed by atoms with Crippen molar-refractivity contribution in [1.29, 1.82) is 5.26 Å². The Bertz CT molecular complexity index is 1400. The Hall–Kier alpha value is -4.88. The molecule has 1 saturated heterocycles. The number of hydrazine groups is 1. The Morgan fingerprint density at radius 2 is 1.65 bits per heavy atom. The van der Waals surface area contributed by atoms with E-state index in [4.69, 9.17) is 21.7 Å². The number of aryl methyl sites for hydroxylation is 1. The second-order valence-electron chi connectivity index (χ2n) is 10.7. The largest absolute Gasteiger partial charge is 0.489 e. The molecular formula is C33H39N7O3. The highest BCUT2D eigenvalue weighted by Gasteiger charge is 2.26. The van der Waals surface area contributed by atoms with Crippen LogP contribution in [0.3, 0.4) is 0 Å². The van der Waals surface area contributed by atoms with Gasteiger partial charge in [0.05, 0.1) is 17.7 Å². The molecule has 3 aromatic rings. The quantitative estimate of drug-likeness (QED) is 0.111. The van der Waals surface area contributed by atoms with Gasteiger partial charge in [0.1, 0.15) is 12.4 Å². The van der Waals surface area contributed by atoms with Gasteiger partial charge in [0.15, 0.2) is 5.84 Å². The van der Waals surface area contributed by atoms with E-state index >= 15 is 0 Å². The van der Waals surface area contributed by atoms with E-state index in [1.165, 1.54) is 0 Å².